The predicted octanol–water partition coefficient (Wildman–Crippen LogP) is 1.32. The number of carbonyl (C=O) groups is 1. The van der Waals surface area contributed by atoms with Crippen LogP contribution in [0.25, 0.3) is 0 Å². The van der Waals surface area contributed by atoms with Crippen LogP contribution in [0.4, 0.5) is 0 Å². The second kappa shape index (κ2) is 5.70. The van der Waals surface area contributed by atoms with E-state index in [0.29, 0.717) is 5.57 Å². The van der Waals surface area contributed by atoms with Crippen molar-refractivity contribution in [3.63, 3.8) is 0 Å². The molecule has 14 heavy (non-hydrogen) atoms. The maximum absolute atomic E-state index is 11.3. The predicted molar refractivity (Wildman–Crippen MR) is 52.8 cm³/mol. The quantitative estimate of drug-likeness (QED) is 0.399. The van der Waals surface area contributed by atoms with Crippen molar-refractivity contribution in [2.75, 3.05) is 6.61 Å². The number of hydrogen-bond acceptors (Lipinski definition) is 4. The van der Waals surface area contributed by atoms with Crippen molar-refractivity contribution in [2.45, 2.75) is 26.4 Å². The van der Waals surface area contributed by atoms with Crippen LogP contribution >= 0.6 is 0 Å². The number of hydrogen-bond donors (Lipinski definition) is 2. The van der Waals surface area contributed by atoms with Crippen LogP contribution < -0.4 is 0 Å². The summed E-state index contributed by atoms with van der Waals surface area (Å²) in [5.74, 6) is -0.218. The molecule has 0 fully saturated rings. The summed E-state index contributed by atoms with van der Waals surface area (Å²) < 4.78 is 0. The molecule has 0 rings (SSSR count). The van der Waals surface area contributed by atoms with Crippen LogP contribution in [0.2, 0.25) is 0 Å². The number of aliphatic hydroxyl groups excluding tert-OH is 1. The van der Waals surface area contributed by atoms with E-state index in [2.05, 4.69) is 4.89 Å². The van der Waals surface area contributed by atoms with Crippen molar-refractivity contribution in [3.8, 4) is 0 Å². The van der Waals surface area contributed by atoms with Crippen molar-refractivity contribution >= 4 is 5.78 Å². The lowest BCUT2D eigenvalue weighted by atomic mass is 10.1. The lowest BCUT2D eigenvalue weighted by Gasteiger charge is -2.14. The third-order valence-electron chi connectivity index (χ3n) is 1.66. The van der Waals surface area contributed by atoms with Crippen LogP contribution in [-0.2, 0) is 9.68 Å². The Morgan fingerprint density at radius 3 is 2.50 bits per heavy atom. The fourth-order valence-corrected chi connectivity index (χ4v) is 0.676. The van der Waals surface area contributed by atoms with Crippen LogP contribution in [0, 0.1) is 0 Å². The number of ketones is 1. The first-order chi connectivity index (χ1) is 6.43. The molecule has 0 atom stereocenters. The van der Waals surface area contributed by atoms with Gasteiger partial charge in [-0.2, -0.15) is 0 Å². The molecule has 80 valence electrons. The van der Waals surface area contributed by atoms with Gasteiger partial charge in [-0.3, -0.25) is 10.1 Å². The molecular formula is C10H16O4. The minimum atomic E-state index is -0.880. The second-order valence-electron chi connectivity index (χ2n) is 3.46. The first kappa shape index (κ1) is 13.0. The van der Waals surface area contributed by atoms with Gasteiger partial charge in [0, 0.05) is 0 Å². The third kappa shape index (κ3) is 4.91. The van der Waals surface area contributed by atoms with Gasteiger partial charge in [-0.15, -0.1) is 0 Å². The fraction of sp³-hybridized carbons (Fsp3) is 0.500. The van der Waals surface area contributed by atoms with Gasteiger partial charge in [0.15, 0.2) is 5.78 Å². The molecule has 0 saturated heterocycles. The normalized spacial score (nSPS) is 13.6. The molecule has 2 N–H and O–H groups in total. The molecule has 0 radical (unpaired) electrons. The van der Waals surface area contributed by atoms with Gasteiger partial charge < -0.3 is 5.11 Å². The molecule has 0 unspecified atom stereocenters. The second-order valence-corrected chi connectivity index (χ2v) is 3.46. The maximum Gasteiger partial charge on any atom is 0.181 e. The molecule has 0 bridgehead atoms. The van der Waals surface area contributed by atoms with Gasteiger partial charge in [-0.05, 0) is 38.5 Å². The number of allylic oxidation sites excluding steroid dienone is 2. The highest BCUT2D eigenvalue weighted by molar-refractivity contribution is 6.03. The van der Waals surface area contributed by atoms with Crippen LogP contribution in [0.5, 0.6) is 0 Å². The van der Waals surface area contributed by atoms with Crippen LogP contribution in [0.15, 0.2) is 23.8 Å². The summed E-state index contributed by atoms with van der Waals surface area (Å²) in [4.78, 5) is 15.4. The topological polar surface area (TPSA) is 66.8 Å². The Labute approximate surface area is 83.4 Å². The summed E-state index contributed by atoms with van der Waals surface area (Å²) in [6.07, 6.45) is 4.17. The van der Waals surface area contributed by atoms with Crippen molar-refractivity contribution in [3.05, 3.63) is 23.8 Å². The minimum absolute atomic E-state index is 0.161. The third-order valence-corrected chi connectivity index (χ3v) is 1.66. The van der Waals surface area contributed by atoms with E-state index >= 15 is 0 Å². The summed E-state index contributed by atoms with van der Waals surface area (Å²) in [6.45, 7) is 4.67. The van der Waals surface area contributed by atoms with Crippen molar-refractivity contribution < 1.29 is 20.0 Å². The largest absolute Gasteiger partial charge is 0.392 e. The standard InChI is InChI=1S/C10H16O4/c1-8(5-7-11)9(12)4-6-10(2,3)14-13/h4-6,11,13H,7H2,1-3H3. The van der Waals surface area contributed by atoms with E-state index in [9.17, 15) is 4.79 Å². The molecule has 4 nitrogen and oxygen atoms in total. The lowest BCUT2D eigenvalue weighted by molar-refractivity contribution is -0.297. The first-order valence-corrected chi connectivity index (χ1v) is 4.26. The van der Waals surface area contributed by atoms with E-state index in [-0.39, 0.29) is 12.4 Å². The summed E-state index contributed by atoms with van der Waals surface area (Å²) in [5, 5.41) is 17.0. The minimum Gasteiger partial charge on any atom is -0.392 e. The monoisotopic (exact) mass is 200 g/mol. The average molecular weight is 200 g/mol. The highest BCUT2D eigenvalue weighted by Gasteiger charge is 2.14. The van der Waals surface area contributed by atoms with Gasteiger partial charge in [0.05, 0.1) is 6.61 Å². The van der Waals surface area contributed by atoms with Crippen LogP contribution in [0.3, 0.4) is 0 Å². The van der Waals surface area contributed by atoms with Gasteiger partial charge in [0.1, 0.15) is 5.60 Å². The zero-order valence-corrected chi connectivity index (χ0v) is 8.65. The first-order valence-electron chi connectivity index (χ1n) is 4.26. The van der Waals surface area contributed by atoms with Crippen molar-refractivity contribution in [1.82, 2.24) is 0 Å². The zero-order chi connectivity index (χ0) is 11.2. The van der Waals surface area contributed by atoms with Gasteiger partial charge in [0.2, 0.25) is 0 Å². The fourth-order valence-electron chi connectivity index (χ4n) is 0.676. The molecule has 0 amide bonds. The Balaban J connectivity index is 4.40. The molecule has 0 spiro atoms. The smallest absolute Gasteiger partial charge is 0.181 e. The molecule has 0 saturated carbocycles. The maximum atomic E-state index is 11.3. The van der Waals surface area contributed by atoms with Gasteiger partial charge in [0.25, 0.3) is 0 Å². The highest BCUT2D eigenvalue weighted by atomic mass is 17.1. The molecule has 0 aliphatic carbocycles. The van der Waals surface area contributed by atoms with E-state index in [0.717, 1.165) is 0 Å². The van der Waals surface area contributed by atoms with E-state index in [1.807, 2.05) is 0 Å². The van der Waals surface area contributed by atoms with Gasteiger partial charge in [-0.1, -0.05) is 6.08 Å². The molecule has 4 heteroatoms. The molecule has 0 aliphatic heterocycles. The molecule has 0 aromatic rings. The number of carbonyl (C=O) groups excluding carboxylic acids is 1. The van der Waals surface area contributed by atoms with Gasteiger partial charge >= 0.3 is 0 Å². The summed E-state index contributed by atoms with van der Waals surface area (Å²) >= 11 is 0. The summed E-state index contributed by atoms with van der Waals surface area (Å²) in [5.41, 5.74) is -0.424. The summed E-state index contributed by atoms with van der Waals surface area (Å²) in [7, 11) is 0. The molecule has 0 aromatic heterocycles. The summed E-state index contributed by atoms with van der Waals surface area (Å²) in [6, 6.07) is 0. The van der Waals surface area contributed by atoms with E-state index in [1.54, 1.807) is 20.8 Å². The number of aliphatic hydroxyl groups is 1. The van der Waals surface area contributed by atoms with E-state index in [1.165, 1.54) is 18.2 Å². The Morgan fingerprint density at radius 2 is 2.07 bits per heavy atom. The van der Waals surface area contributed by atoms with E-state index in [4.69, 9.17) is 10.4 Å². The lowest BCUT2D eigenvalue weighted by Crippen LogP contribution is -2.19. The van der Waals surface area contributed by atoms with E-state index < -0.39 is 5.60 Å². The Bertz CT molecular complexity index is 251. The average Bonchev–Trinajstić information content (AvgIpc) is 2.15. The highest BCUT2D eigenvalue weighted by Crippen LogP contribution is 2.09. The molecule has 0 aromatic carbocycles. The molecule has 0 heterocycles. The van der Waals surface area contributed by atoms with Crippen LogP contribution in [0.1, 0.15) is 20.8 Å². The van der Waals surface area contributed by atoms with Gasteiger partial charge in [-0.25, -0.2) is 4.89 Å². The van der Waals surface area contributed by atoms with Crippen molar-refractivity contribution in [2.24, 2.45) is 0 Å². The van der Waals surface area contributed by atoms with Crippen LogP contribution in [-0.4, -0.2) is 28.4 Å². The molecular weight excluding hydrogens is 184 g/mol. The SMILES string of the molecule is CC(=CCO)C(=O)C=CC(C)(C)OO. The Hall–Kier alpha value is -0.970. The van der Waals surface area contributed by atoms with Crippen molar-refractivity contribution in [1.29, 1.82) is 0 Å². The number of rotatable bonds is 5. The zero-order valence-electron chi connectivity index (χ0n) is 8.65. The Kier molecular flexibility index (Phi) is 5.30. The molecule has 0 aliphatic rings. The Morgan fingerprint density at radius 1 is 1.50 bits per heavy atom.